The molecule has 1 saturated carbocycles. The second-order valence-electron chi connectivity index (χ2n) is 6.12. The lowest BCUT2D eigenvalue weighted by Crippen LogP contribution is -2.08. The van der Waals surface area contributed by atoms with Crippen LogP contribution in [0.1, 0.15) is 23.5 Å². The molecule has 0 bridgehead atoms. The van der Waals surface area contributed by atoms with Crippen LogP contribution in [0.2, 0.25) is 0 Å². The predicted octanol–water partition coefficient (Wildman–Crippen LogP) is 2.45. The van der Waals surface area contributed by atoms with E-state index in [0.29, 0.717) is 6.61 Å². The molecule has 3 aromatic rings. The van der Waals surface area contributed by atoms with Gasteiger partial charge in [-0.25, -0.2) is 4.68 Å². The number of carbonyl (C=O) groups is 1. The average molecular weight is 322 g/mol. The number of aryl methyl sites for hydroxylation is 1. The molecular weight excluding hydrogens is 304 g/mol. The van der Waals surface area contributed by atoms with Gasteiger partial charge in [0.2, 0.25) is 0 Å². The summed E-state index contributed by atoms with van der Waals surface area (Å²) in [5.74, 6) is 0.103. The summed E-state index contributed by atoms with van der Waals surface area (Å²) < 4.78 is 9.00. The van der Waals surface area contributed by atoms with Crippen molar-refractivity contribution in [3.8, 4) is 5.69 Å². The molecule has 0 radical (unpaired) electrons. The van der Waals surface area contributed by atoms with Crippen molar-refractivity contribution in [2.45, 2.75) is 18.9 Å². The van der Waals surface area contributed by atoms with E-state index >= 15 is 0 Å². The van der Waals surface area contributed by atoms with Crippen LogP contribution in [0.15, 0.2) is 55.1 Å². The lowest BCUT2D eigenvalue weighted by atomic mass is 10.2. The van der Waals surface area contributed by atoms with Crippen molar-refractivity contribution >= 4 is 5.97 Å². The molecule has 6 heteroatoms. The second kappa shape index (κ2) is 5.96. The van der Waals surface area contributed by atoms with Crippen molar-refractivity contribution < 1.29 is 9.53 Å². The number of nitrogens with zero attached hydrogens (tertiary/aromatic N) is 4. The summed E-state index contributed by atoms with van der Waals surface area (Å²) in [5.41, 5.74) is 3.06. The maximum absolute atomic E-state index is 12.2. The number of carbonyl (C=O) groups excluding carboxylic acids is 1. The summed E-state index contributed by atoms with van der Waals surface area (Å²) in [6, 6.07) is 9.72. The topological polar surface area (TPSA) is 61.9 Å². The van der Waals surface area contributed by atoms with Crippen LogP contribution in [0.4, 0.5) is 0 Å². The Kier molecular flexibility index (Phi) is 3.65. The van der Waals surface area contributed by atoms with E-state index in [4.69, 9.17) is 4.74 Å². The molecule has 0 amide bonds. The SMILES string of the molecule is Cn1cc([C@@H]2C[C@H]2C(=O)OCc2ccc(-n3cccn3)cc2)cn1. The molecule has 6 nitrogen and oxygen atoms in total. The predicted molar refractivity (Wildman–Crippen MR) is 87.4 cm³/mol. The Bertz CT molecular complexity index is 836. The molecule has 4 rings (SSSR count). The van der Waals surface area contributed by atoms with Gasteiger partial charge in [0.1, 0.15) is 6.61 Å². The highest BCUT2D eigenvalue weighted by Crippen LogP contribution is 2.48. The highest BCUT2D eigenvalue weighted by Gasteiger charge is 2.45. The van der Waals surface area contributed by atoms with E-state index in [1.807, 2.05) is 56.0 Å². The van der Waals surface area contributed by atoms with Gasteiger partial charge >= 0.3 is 5.97 Å². The van der Waals surface area contributed by atoms with Gasteiger partial charge in [0.15, 0.2) is 0 Å². The van der Waals surface area contributed by atoms with Crippen molar-refractivity contribution in [3.63, 3.8) is 0 Å². The fraction of sp³-hybridized carbons (Fsp3) is 0.278. The first-order valence-corrected chi connectivity index (χ1v) is 7.95. The third-order valence-electron chi connectivity index (χ3n) is 4.33. The zero-order valence-electron chi connectivity index (χ0n) is 13.4. The maximum atomic E-state index is 12.2. The molecule has 122 valence electrons. The van der Waals surface area contributed by atoms with Crippen molar-refractivity contribution in [2.75, 3.05) is 0 Å². The summed E-state index contributed by atoms with van der Waals surface area (Å²) in [6.07, 6.45) is 8.27. The summed E-state index contributed by atoms with van der Waals surface area (Å²) in [5, 5.41) is 8.34. The van der Waals surface area contributed by atoms with E-state index in [1.165, 1.54) is 0 Å². The Morgan fingerprint density at radius 1 is 1.29 bits per heavy atom. The first-order valence-electron chi connectivity index (χ1n) is 7.95. The van der Waals surface area contributed by atoms with E-state index in [1.54, 1.807) is 15.6 Å². The van der Waals surface area contributed by atoms with Gasteiger partial charge in [-0.3, -0.25) is 9.48 Å². The van der Waals surface area contributed by atoms with Crippen LogP contribution in [0.3, 0.4) is 0 Å². The molecule has 0 saturated heterocycles. The minimum atomic E-state index is -0.125. The molecule has 0 spiro atoms. The number of rotatable bonds is 5. The second-order valence-corrected chi connectivity index (χ2v) is 6.12. The Hall–Kier alpha value is -2.89. The van der Waals surface area contributed by atoms with Crippen molar-refractivity contribution in [1.82, 2.24) is 19.6 Å². The normalized spacial score (nSPS) is 19.2. The van der Waals surface area contributed by atoms with Gasteiger partial charge in [-0.15, -0.1) is 0 Å². The van der Waals surface area contributed by atoms with Crippen LogP contribution in [0.25, 0.3) is 5.69 Å². The summed E-state index contributed by atoms with van der Waals surface area (Å²) >= 11 is 0. The number of esters is 1. The van der Waals surface area contributed by atoms with Gasteiger partial charge in [-0.1, -0.05) is 12.1 Å². The smallest absolute Gasteiger partial charge is 0.309 e. The van der Waals surface area contributed by atoms with E-state index in [0.717, 1.165) is 23.2 Å². The van der Waals surface area contributed by atoms with Crippen LogP contribution < -0.4 is 0 Å². The first kappa shape index (κ1) is 14.7. The van der Waals surface area contributed by atoms with Gasteiger partial charge < -0.3 is 4.74 Å². The fourth-order valence-corrected chi connectivity index (χ4v) is 2.88. The zero-order valence-corrected chi connectivity index (χ0v) is 13.4. The fourth-order valence-electron chi connectivity index (χ4n) is 2.88. The first-order chi connectivity index (χ1) is 11.7. The van der Waals surface area contributed by atoms with Gasteiger partial charge in [0.25, 0.3) is 0 Å². The zero-order chi connectivity index (χ0) is 16.5. The van der Waals surface area contributed by atoms with E-state index in [2.05, 4.69) is 10.2 Å². The minimum Gasteiger partial charge on any atom is -0.461 e. The molecule has 1 fully saturated rings. The third-order valence-corrected chi connectivity index (χ3v) is 4.33. The Morgan fingerprint density at radius 2 is 2.12 bits per heavy atom. The summed E-state index contributed by atoms with van der Waals surface area (Å²) in [7, 11) is 1.88. The van der Waals surface area contributed by atoms with Crippen molar-refractivity contribution in [2.24, 2.45) is 13.0 Å². The molecule has 1 aliphatic rings. The average Bonchev–Trinajstić information content (AvgIpc) is 3.00. The lowest BCUT2D eigenvalue weighted by molar-refractivity contribution is -0.146. The highest BCUT2D eigenvalue weighted by molar-refractivity contribution is 5.77. The molecule has 1 aromatic carbocycles. The number of aromatic nitrogens is 4. The van der Waals surface area contributed by atoms with Crippen LogP contribution in [-0.2, 0) is 23.2 Å². The van der Waals surface area contributed by atoms with Crippen LogP contribution in [0, 0.1) is 5.92 Å². The number of hydrogen-bond donors (Lipinski definition) is 0. The van der Waals surface area contributed by atoms with Crippen molar-refractivity contribution in [1.29, 1.82) is 0 Å². The number of ether oxygens (including phenoxy) is 1. The van der Waals surface area contributed by atoms with Gasteiger partial charge in [0.05, 0.1) is 17.8 Å². The molecule has 1 aliphatic carbocycles. The third kappa shape index (κ3) is 2.95. The molecule has 2 heterocycles. The van der Waals surface area contributed by atoms with E-state index < -0.39 is 0 Å². The standard InChI is InChI=1S/C18H18N4O2/c1-21-11-14(10-20-21)16-9-17(16)18(23)24-12-13-3-5-15(6-4-13)22-8-2-7-19-22/h2-8,10-11,16-17H,9,12H2,1H3/t16-,17+/m0/s1. The molecule has 2 aromatic heterocycles. The van der Waals surface area contributed by atoms with Crippen LogP contribution in [0.5, 0.6) is 0 Å². The molecule has 2 atom stereocenters. The van der Waals surface area contributed by atoms with Crippen molar-refractivity contribution in [3.05, 3.63) is 66.2 Å². The molecule has 0 aliphatic heterocycles. The number of benzene rings is 1. The Balaban J connectivity index is 1.31. The minimum absolute atomic E-state index is 0.0300. The van der Waals surface area contributed by atoms with Crippen LogP contribution in [-0.4, -0.2) is 25.5 Å². The molecule has 24 heavy (non-hydrogen) atoms. The lowest BCUT2D eigenvalue weighted by Gasteiger charge is -2.06. The largest absolute Gasteiger partial charge is 0.461 e. The highest BCUT2D eigenvalue weighted by atomic mass is 16.5. The monoisotopic (exact) mass is 322 g/mol. The molecule has 0 N–H and O–H groups in total. The van der Waals surface area contributed by atoms with E-state index in [-0.39, 0.29) is 17.8 Å². The Morgan fingerprint density at radius 3 is 2.79 bits per heavy atom. The van der Waals surface area contributed by atoms with Crippen LogP contribution >= 0.6 is 0 Å². The molecule has 0 unspecified atom stereocenters. The summed E-state index contributed by atoms with van der Waals surface area (Å²) in [6.45, 7) is 0.300. The van der Waals surface area contributed by atoms with Gasteiger partial charge in [-0.05, 0) is 35.7 Å². The molecular formula is C18H18N4O2. The number of hydrogen-bond acceptors (Lipinski definition) is 4. The quantitative estimate of drug-likeness (QED) is 0.677. The maximum Gasteiger partial charge on any atom is 0.309 e. The van der Waals surface area contributed by atoms with E-state index in [9.17, 15) is 4.79 Å². The Labute approximate surface area is 139 Å². The van der Waals surface area contributed by atoms with Gasteiger partial charge in [0, 0.05) is 31.6 Å². The van der Waals surface area contributed by atoms with Gasteiger partial charge in [-0.2, -0.15) is 10.2 Å². The summed E-state index contributed by atoms with van der Waals surface area (Å²) in [4.78, 5) is 12.2.